The van der Waals surface area contributed by atoms with Crippen LogP contribution in [0.15, 0.2) is 18.2 Å². The highest BCUT2D eigenvalue weighted by molar-refractivity contribution is 5.95. The van der Waals surface area contributed by atoms with Crippen molar-refractivity contribution in [3.63, 3.8) is 0 Å². The molecular weight excluding hydrogens is 187 g/mol. The molecule has 2 amide bonds. The fourth-order valence-electron chi connectivity index (χ4n) is 1.41. The van der Waals surface area contributed by atoms with Crippen molar-refractivity contribution in [1.29, 1.82) is 0 Å². The lowest BCUT2D eigenvalue weighted by Gasteiger charge is -2.15. The molecule has 2 N–H and O–H groups in total. The number of hydrogen-bond acceptors (Lipinski definition) is 2. The summed E-state index contributed by atoms with van der Waals surface area (Å²) in [5, 5.41) is 12.0. The summed E-state index contributed by atoms with van der Waals surface area (Å²) >= 11 is 0. The molecule has 0 radical (unpaired) electrons. The van der Waals surface area contributed by atoms with Crippen molar-refractivity contribution < 1.29 is 14.3 Å². The molecule has 0 spiro atoms. The average Bonchev–Trinajstić information content (AvgIpc) is 2.56. The minimum absolute atomic E-state index is 0.0940. The Labute approximate surface area is 80.0 Å². The lowest BCUT2D eigenvalue weighted by molar-refractivity contribution is 0.252. The van der Waals surface area contributed by atoms with Crippen LogP contribution in [0, 0.1) is 5.82 Å². The van der Waals surface area contributed by atoms with E-state index in [2.05, 4.69) is 5.32 Å². The summed E-state index contributed by atoms with van der Waals surface area (Å²) in [7, 11) is 0. The molecule has 1 aromatic rings. The second kappa shape index (κ2) is 3.17. The number of hydrogen-bond donors (Lipinski definition) is 2. The third-order valence-corrected chi connectivity index (χ3v) is 2.09. The quantitative estimate of drug-likeness (QED) is 0.705. The number of nitrogens with zero attached hydrogens (tertiary/aromatic N) is 1. The van der Waals surface area contributed by atoms with Gasteiger partial charge in [0, 0.05) is 19.2 Å². The van der Waals surface area contributed by atoms with E-state index in [9.17, 15) is 14.3 Å². The molecule has 0 aliphatic carbocycles. The van der Waals surface area contributed by atoms with E-state index in [4.69, 9.17) is 0 Å². The van der Waals surface area contributed by atoms with Crippen molar-refractivity contribution in [3.05, 3.63) is 24.0 Å². The van der Waals surface area contributed by atoms with Gasteiger partial charge >= 0.3 is 6.03 Å². The maximum Gasteiger partial charge on any atom is 0.322 e. The summed E-state index contributed by atoms with van der Waals surface area (Å²) in [6.07, 6.45) is 0. The second-order valence-electron chi connectivity index (χ2n) is 3.02. The normalized spacial score (nSPS) is 15.8. The SMILES string of the molecule is O=C1NCCN1c1cc(F)ccc1O. The second-order valence-corrected chi connectivity index (χ2v) is 3.02. The molecule has 14 heavy (non-hydrogen) atoms. The molecular formula is C9H9FN2O2. The van der Waals surface area contributed by atoms with Gasteiger partial charge in [0.2, 0.25) is 0 Å². The Balaban J connectivity index is 2.39. The van der Waals surface area contributed by atoms with Crippen LogP contribution in [0.5, 0.6) is 5.75 Å². The van der Waals surface area contributed by atoms with Gasteiger partial charge in [0.25, 0.3) is 0 Å². The molecule has 0 aromatic heterocycles. The van der Waals surface area contributed by atoms with E-state index in [0.29, 0.717) is 13.1 Å². The lowest BCUT2D eigenvalue weighted by atomic mass is 10.2. The van der Waals surface area contributed by atoms with Crippen LogP contribution in [0.1, 0.15) is 0 Å². The van der Waals surface area contributed by atoms with Gasteiger partial charge in [0.1, 0.15) is 11.6 Å². The molecule has 5 heteroatoms. The Hall–Kier alpha value is -1.78. The van der Waals surface area contributed by atoms with Gasteiger partial charge in [-0.3, -0.25) is 4.90 Å². The maximum absolute atomic E-state index is 12.9. The van der Waals surface area contributed by atoms with Crippen LogP contribution in [0.2, 0.25) is 0 Å². The van der Waals surface area contributed by atoms with Crippen molar-refractivity contribution in [2.45, 2.75) is 0 Å². The molecule has 2 rings (SSSR count). The molecule has 74 valence electrons. The summed E-state index contributed by atoms with van der Waals surface area (Å²) in [4.78, 5) is 12.5. The standard InChI is InChI=1S/C9H9FN2O2/c10-6-1-2-8(13)7(5-6)12-4-3-11-9(12)14/h1-2,5,13H,3-4H2,(H,11,14). The Kier molecular flexibility index (Phi) is 1.99. The zero-order valence-electron chi connectivity index (χ0n) is 7.33. The van der Waals surface area contributed by atoms with E-state index in [1.165, 1.54) is 11.0 Å². The number of anilines is 1. The summed E-state index contributed by atoms with van der Waals surface area (Å²) < 4.78 is 12.9. The number of phenols is 1. The van der Waals surface area contributed by atoms with Gasteiger partial charge in [-0.15, -0.1) is 0 Å². The molecule has 0 saturated carbocycles. The van der Waals surface area contributed by atoms with Crippen molar-refractivity contribution in [2.24, 2.45) is 0 Å². The van der Waals surface area contributed by atoms with Gasteiger partial charge in [-0.05, 0) is 12.1 Å². The zero-order chi connectivity index (χ0) is 10.1. The number of amides is 2. The first-order chi connectivity index (χ1) is 6.68. The van der Waals surface area contributed by atoms with Crippen LogP contribution in [0.4, 0.5) is 14.9 Å². The number of urea groups is 1. The number of carbonyl (C=O) groups is 1. The maximum atomic E-state index is 12.9. The lowest BCUT2D eigenvalue weighted by Crippen LogP contribution is -2.27. The monoisotopic (exact) mass is 196 g/mol. The predicted octanol–water partition coefficient (Wildman–Crippen LogP) is 1.06. The van der Waals surface area contributed by atoms with Crippen LogP contribution in [-0.2, 0) is 0 Å². The molecule has 0 atom stereocenters. The third kappa shape index (κ3) is 1.37. The average molecular weight is 196 g/mol. The predicted molar refractivity (Wildman–Crippen MR) is 48.8 cm³/mol. The van der Waals surface area contributed by atoms with E-state index in [-0.39, 0.29) is 17.5 Å². The minimum atomic E-state index is -0.475. The van der Waals surface area contributed by atoms with Gasteiger partial charge < -0.3 is 10.4 Å². The molecule has 0 unspecified atom stereocenters. The summed E-state index contributed by atoms with van der Waals surface area (Å²) in [5.74, 6) is -0.569. The van der Waals surface area contributed by atoms with Crippen LogP contribution in [0.25, 0.3) is 0 Å². The van der Waals surface area contributed by atoms with Crippen molar-refractivity contribution >= 4 is 11.7 Å². The summed E-state index contributed by atoms with van der Waals surface area (Å²) in [6, 6.07) is 3.20. The molecule has 0 bridgehead atoms. The highest BCUT2D eigenvalue weighted by Gasteiger charge is 2.23. The van der Waals surface area contributed by atoms with E-state index >= 15 is 0 Å². The minimum Gasteiger partial charge on any atom is -0.506 e. The molecule has 1 saturated heterocycles. The van der Waals surface area contributed by atoms with Crippen LogP contribution < -0.4 is 10.2 Å². The van der Waals surface area contributed by atoms with Crippen molar-refractivity contribution in [3.8, 4) is 5.75 Å². The van der Waals surface area contributed by atoms with Crippen LogP contribution in [0.3, 0.4) is 0 Å². The Morgan fingerprint density at radius 2 is 2.29 bits per heavy atom. The third-order valence-electron chi connectivity index (χ3n) is 2.09. The number of halogens is 1. The Morgan fingerprint density at radius 3 is 2.93 bits per heavy atom. The van der Waals surface area contributed by atoms with Gasteiger partial charge in [-0.25, -0.2) is 9.18 Å². The molecule has 1 aromatic carbocycles. The highest BCUT2D eigenvalue weighted by Crippen LogP contribution is 2.28. The first-order valence-corrected chi connectivity index (χ1v) is 4.22. The Bertz CT molecular complexity index is 381. The first kappa shape index (κ1) is 8.80. The van der Waals surface area contributed by atoms with E-state index in [1.54, 1.807) is 0 Å². The zero-order valence-corrected chi connectivity index (χ0v) is 7.33. The van der Waals surface area contributed by atoms with E-state index < -0.39 is 5.82 Å². The number of aromatic hydroxyl groups is 1. The topological polar surface area (TPSA) is 52.6 Å². The molecule has 1 aliphatic heterocycles. The van der Waals surface area contributed by atoms with Crippen molar-refractivity contribution in [1.82, 2.24) is 5.32 Å². The van der Waals surface area contributed by atoms with E-state index in [1.807, 2.05) is 0 Å². The number of benzene rings is 1. The van der Waals surface area contributed by atoms with Crippen LogP contribution >= 0.6 is 0 Å². The fourth-order valence-corrected chi connectivity index (χ4v) is 1.41. The molecule has 4 nitrogen and oxygen atoms in total. The number of carbonyl (C=O) groups excluding carboxylic acids is 1. The summed E-state index contributed by atoms with van der Waals surface area (Å²) in [5.41, 5.74) is 0.208. The first-order valence-electron chi connectivity index (χ1n) is 4.22. The molecule has 1 fully saturated rings. The largest absolute Gasteiger partial charge is 0.506 e. The fraction of sp³-hybridized carbons (Fsp3) is 0.222. The molecule has 1 heterocycles. The summed E-state index contributed by atoms with van der Waals surface area (Å²) in [6.45, 7) is 0.949. The van der Waals surface area contributed by atoms with Gasteiger partial charge in [0.15, 0.2) is 0 Å². The van der Waals surface area contributed by atoms with Crippen LogP contribution in [-0.4, -0.2) is 24.2 Å². The smallest absolute Gasteiger partial charge is 0.322 e. The molecule has 1 aliphatic rings. The highest BCUT2D eigenvalue weighted by atomic mass is 19.1. The number of nitrogens with one attached hydrogen (secondary N) is 1. The van der Waals surface area contributed by atoms with Crippen molar-refractivity contribution in [2.75, 3.05) is 18.0 Å². The number of rotatable bonds is 1. The van der Waals surface area contributed by atoms with Gasteiger partial charge in [0.05, 0.1) is 5.69 Å². The number of phenolic OH excluding ortho intramolecular Hbond substituents is 1. The van der Waals surface area contributed by atoms with Gasteiger partial charge in [-0.1, -0.05) is 0 Å². The van der Waals surface area contributed by atoms with Gasteiger partial charge in [-0.2, -0.15) is 0 Å². The van der Waals surface area contributed by atoms with E-state index in [0.717, 1.165) is 12.1 Å². The Morgan fingerprint density at radius 1 is 1.50 bits per heavy atom.